The lowest BCUT2D eigenvalue weighted by atomic mass is 10.3. The average molecular weight is 248 g/mol. The van der Waals surface area contributed by atoms with Gasteiger partial charge in [-0.25, -0.2) is 9.78 Å². The van der Waals surface area contributed by atoms with Gasteiger partial charge < -0.3 is 5.11 Å². The fraction of sp³-hybridized carbons (Fsp3) is 0.273. The van der Waals surface area contributed by atoms with E-state index in [1.165, 1.54) is 34.8 Å². The van der Waals surface area contributed by atoms with Crippen LogP contribution in [0.15, 0.2) is 29.0 Å². The number of carboxylic acid groups (broad SMARTS) is 1. The van der Waals surface area contributed by atoms with Gasteiger partial charge in [0, 0.05) is 19.2 Å². The van der Waals surface area contributed by atoms with Gasteiger partial charge in [-0.2, -0.15) is 5.10 Å². The zero-order chi connectivity index (χ0) is 13.3. The lowest BCUT2D eigenvalue weighted by molar-refractivity contribution is -0.132. The first-order chi connectivity index (χ1) is 8.50. The molecule has 0 fully saturated rings. The number of carbonyl (C=O) groups is 1. The number of hydrogen-bond acceptors (Lipinski definition) is 4. The summed E-state index contributed by atoms with van der Waals surface area (Å²) < 4.78 is 2.86. The molecule has 0 atom stereocenters. The summed E-state index contributed by atoms with van der Waals surface area (Å²) >= 11 is 0. The van der Waals surface area contributed by atoms with Gasteiger partial charge in [0.2, 0.25) is 0 Å². The van der Waals surface area contributed by atoms with Crippen molar-refractivity contribution in [2.45, 2.75) is 13.5 Å². The van der Waals surface area contributed by atoms with Gasteiger partial charge in [0.25, 0.3) is 5.56 Å². The van der Waals surface area contributed by atoms with Gasteiger partial charge >= 0.3 is 5.97 Å². The number of carboxylic acids is 1. The van der Waals surface area contributed by atoms with Gasteiger partial charge in [-0.15, -0.1) is 0 Å². The maximum Gasteiger partial charge on any atom is 0.331 e. The van der Waals surface area contributed by atoms with Crippen LogP contribution in [-0.4, -0.2) is 30.4 Å². The van der Waals surface area contributed by atoms with Gasteiger partial charge in [0.1, 0.15) is 11.7 Å². The molecule has 0 amide bonds. The summed E-state index contributed by atoms with van der Waals surface area (Å²) in [5, 5.41) is 13.1. The molecule has 0 aliphatic rings. The highest BCUT2D eigenvalue weighted by atomic mass is 16.4. The zero-order valence-electron chi connectivity index (χ0n) is 9.99. The molecule has 0 aliphatic heterocycles. The second kappa shape index (κ2) is 4.44. The van der Waals surface area contributed by atoms with Crippen molar-refractivity contribution in [3.63, 3.8) is 0 Å². The molecule has 0 aliphatic carbocycles. The van der Waals surface area contributed by atoms with E-state index in [0.29, 0.717) is 11.0 Å². The molecule has 0 saturated carbocycles. The molecule has 0 saturated heterocycles. The second-order valence-corrected chi connectivity index (χ2v) is 3.90. The Morgan fingerprint density at radius 1 is 1.56 bits per heavy atom. The van der Waals surface area contributed by atoms with Crippen LogP contribution >= 0.6 is 0 Å². The van der Waals surface area contributed by atoms with Gasteiger partial charge in [0.15, 0.2) is 5.65 Å². The molecule has 0 aromatic carbocycles. The monoisotopic (exact) mass is 248 g/mol. The number of rotatable bonds is 3. The Labute approximate surface area is 102 Å². The standard InChI is InChI=1S/C11H12N4O3/c1-7(11(17)18)3-4-15-6-12-9-8(10(15)16)5-13-14(9)2/h3,5-6H,4H2,1-2H3,(H,17,18). The maximum atomic E-state index is 12.0. The number of nitrogens with zero attached hydrogens (tertiary/aromatic N) is 4. The van der Waals surface area contributed by atoms with E-state index >= 15 is 0 Å². The molecule has 2 aromatic heterocycles. The highest BCUT2D eigenvalue weighted by molar-refractivity contribution is 5.85. The smallest absolute Gasteiger partial charge is 0.331 e. The van der Waals surface area contributed by atoms with Crippen LogP contribution in [0.1, 0.15) is 6.92 Å². The van der Waals surface area contributed by atoms with Crippen molar-refractivity contribution in [2.24, 2.45) is 7.05 Å². The number of aliphatic carboxylic acids is 1. The van der Waals surface area contributed by atoms with Crippen LogP contribution < -0.4 is 5.56 Å². The molecule has 7 nitrogen and oxygen atoms in total. The van der Waals surface area contributed by atoms with E-state index in [1.54, 1.807) is 7.05 Å². The van der Waals surface area contributed by atoms with Crippen molar-refractivity contribution in [3.8, 4) is 0 Å². The Hall–Kier alpha value is -2.44. The normalized spacial score (nSPS) is 12.0. The fourth-order valence-corrected chi connectivity index (χ4v) is 1.52. The van der Waals surface area contributed by atoms with Gasteiger partial charge in [-0.05, 0) is 6.92 Å². The average Bonchev–Trinajstić information content (AvgIpc) is 2.70. The second-order valence-electron chi connectivity index (χ2n) is 3.90. The molecule has 94 valence electrons. The number of allylic oxidation sites excluding steroid dienone is 1. The van der Waals surface area contributed by atoms with Gasteiger partial charge in [-0.1, -0.05) is 6.08 Å². The Balaban J connectivity index is 2.42. The summed E-state index contributed by atoms with van der Waals surface area (Å²) in [7, 11) is 1.70. The Bertz CT molecular complexity index is 696. The van der Waals surface area contributed by atoms with Crippen LogP contribution in [0, 0.1) is 0 Å². The number of aryl methyl sites for hydroxylation is 1. The first-order valence-electron chi connectivity index (χ1n) is 5.28. The van der Waals surface area contributed by atoms with E-state index < -0.39 is 5.97 Å². The summed E-state index contributed by atoms with van der Waals surface area (Å²) in [6, 6.07) is 0. The molecule has 2 rings (SSSR count). The minimum absolute atomic E-state index is 0.175. The van der Waals surface area contributed by atoms with Crippen LogP contribution in [0.4, 0.5) is 0 Å². The number of fused-ring (bicyclic) bond motifs is 1. The molecule has 7 heteroatoms. The third-order valence-electron chi connectivity index (χ3n) is 2.65. The molecule has 2 aromatic rings. The van der Waals surface area contributed by atoms with E-state index in [0.717, 1.165) is 0 Å². The Kier molecular flexibility index (Phi) is 2.97. The summed E-state index contributed by atoms with van der Waals surface area (Å²) in [4.78, 5) is 26.8. The van der Waals surface area contributed by atoms with E-state index in [1.807, 2.05) is 0 Å². The van der Waals surface area contributed by atoms with Crippen molar-refractivity contribution in [2.75, 3.05) is 0 Å². The Morgan fingerprint density at radius 2 is 2.28 bits per heavy atom. The third-order valence-corrected chi connectivity index (χ3v) is 2.65. The molecule has 0 radical (unpaired) electrons. The zero-order valence-corrected chi connectivity index (χ0v) is 9.99. The summed E-state index contributed by atoms with van der Waals surface area (Å²) in [6.07, 6.45) is 4.31. The van der Waals surface area contributed by atoms with Crippen LogP contribution in [0.25, 0.3) is 11.0 Å². The Morgan fingerprint density at radius 3 is 2.94 bits per heavy atom. The number of hydrogen-bond donors (Lipinski definition) is 1. The van der Waals surface area contributed by atoms with Gasteiger partial charge in [0.05, 0.1) is 6.20 Å². The first-order valence-corrected chi connectivity index (χ1v) is 5.28. The minimum Gasteiger partial charge on any atom is -0.478 e. The largest absolute Gasteiger partial charge is 0.478 e. The van der Waals surface area contributed by atoms with E-state index in [9.17, 15) is 9.59 Å². The van der Waals surface area contributed by atoms with Crippen molar-refractivity contribution in [1.82, 2.24) is 19.3 Å². The topological polar surface area (TPSA) is 90.0 Å². The third kappa shape index (κ3) is 2.02. The van der Waals surface area contributed by atoms with Crippen LogP contribution in [0.2, 0.25) is 0 Å². The van der Waals surface area contributed by atoms with Crippen LogP contribution in [0.5, 0.6) is 0 Å². The molecule has 2 heterocycles. The first kappa shape index (κ1) is 12.0. The predicted molar refractivity (Wildman–Crippen MR) is 64.2 cm³/mol. The lowest BCUT2D eigenvalue weighted by Gasteiger charge is -2.02. The summed E-state index contributed by atoms with van der Waals surface area (Å²) in [6.45, 7) is 1.65. The van der Waals surface area contributed by atoms with Gasteiger partial charge in [-0.3, -0.25) is 14.0 Å². The minimum atomic E-state index is -1.00. The predicted octanol–water partition coefficient (Wildman–Crippen LogP) is 0.161. The molecule has 18 heavy (non-hydrogen) atoms. The van der Waals surface area contributed by atoms with Crippen LogP contribution in [0.3, 0.4) is 0 Å². The van der Waals surface area contributed by atoms with E-state index in [4.69, 9.17) is 5.11 Å². The molecule has 0 unspecified atom stereocenters. The SMILES string of the molecule is CC(=CCn1cnc2c(cnn2C)c1=O)C(=O)O. The van der Waals surface area contributed by atoms with Crippen molar-refractivity contribution in [1.29, 1.82) is 0 Å². The van der Waals surface area contributed by atoms with Crippen molar-refractivity contribution >= 4 is 17.0 Å². The summed E-state index contributed by atoms with van der Waals surface area (Å²) in [5.41, 5.74) is 0.464. The van der Waals surface area contributed by atoms with E-state index in [-0.39, 0.29) is 17.7 Å². The summed E-state index contributed by atoms with van der Waals surface area (Å²) in [5.74, 6) is -1.00. The maximum absolute atomic E-state index is 12.0. The van der Waals surface area contributed by atoms with Crippen molar-refractivity contribution in [3.05, 3.63) is 34.5 Å². The highest BCUT2D eigenvalue weighted by Crippen LogP contribution is 2.03. The molecule has 1 N–H and O–H groups in total. The van der Waals surface area contributed by atoms with Crippen LogP contribution in [-0.2, 0) is 18.4 Å². The van der Waals surface area contributed by atoms with Crippen molar-refractivity contribution < 1.29 is 9.90 Å². The molecular weight excluding hydrogens is 236 g/mol. The molecule has 0 spiro atoms. The molecular formula is C11H12N4O3. The van der Waals surface area contributed by atoms with E-state index in [2.05, 4.69) is 10.1 Å². The lowest BCUT2D eigenvalue weighted by Crippen LogP contribution is -2.20. The molecule has 0 bridgehead atoms. The number of aromatic nitrogens is 4. The fourth-order valence-electron chi connectivity index (χ4n) is 1.52. The quantitative estimate of drug-likeness (QED) is 0.781. The highest BCUT2D eigenvalue weighted by Gasteiger charge is 2.07.